The molecule has 0 unspecified atom stereocenters. The van der Waals surface area contributed by atoms with Crippen LogP contribution < -0.4 is 5.43 Å². The number of aromatic nitrogens is 1. The molecule has 0 aliphatic heterocycles. The van der Waals surface area contributed by atoms with Crippen LogP contribution in [0.3, 0.4) is 0 Å². The molecule has 0 saturated heterocycles. The van der Waals surface area contributed by atoms with Crippen molar-refractivity contribution in [3.63, 3.8) is 0 Å². The fourth-order valence-corrected chi connectivity index (χ4v) is 3.14. The summed E-state index contributed by atoms with van der Waals surface area (Å²) < 4.78 is 1.97. The zero-order valence-electron chi connectivity index (χ0n) is 13.0. The second-order valence-electron chi connectivity index (χ2n) is 6.13. The molecule has 1 saturated carbocycles. The van der Waals surface area contributed by atoms with E-state index in [-0.39, 0.29) is 18.3 Å². The van der Waals surface area contributed by atoms with Crippen LogP contribution in [0.25, 0.3) is 0 Å². The summed E-state index contributed by atoms with van der Waals surface area (Å²) in [6.07, 6.45) is 8.29. The number of carboxylic acid groups (broad SMARTS) is 1. The minimum absolute atomic E-state index is 0.0836. The van der Waals surface area contributed by atoms with Crippen molar-refractivity contribution < 1.29 is 15.0 Å². The number of pyridine rings is 1. The number of aromatic hydroxyl groups is 1. The van der Waals surface area contributed by atoms with Gasteiger partial charge in [0.25, 0.3) is 0 Å². The molecule has 22 heavy (non-hydrogen) atoms. The second kappa shape index (κ2) is 7.45. The quantitative estimate of drug-likeness (QED) is 0.813. The normalized spacial score (nSPS) is 16.6. The summed E-state index contributed by atoms with van der Waals surface area (Å²) in [6, 6.07) is 1.70. The number of carboxylic acids is 1. The minimum atomic E-state index is -0.898. The van der Waals surface area contributed by atoms with Crippen LogP contribution in [-0.4, -0.2) is 39.2 Å². The Morgan fingerprint density at radius 2 is 1.95 bits per heavy atom. The first kappa shape index (κ1) is 16.5. The van der Waals surface area contributed by atoms with Crippen molar-refractivity contribution in [1.82, 2.24) is 9.47 Å². The first-order valence-electron chi connectivity index (χ1n) is 7.81. The van der Waals surface area contributed by atoms with E-state index in [1.54, 1.807) is 11.9 Å². The third-order valence-electron chi connectivity index (χ3n) is 4.20. The molecule has 1 aliphatic carbocycles. The molecule has 1 fully saturated rings. The molecular weight excluding hydrogens is 284 g/mol. The topological polar surface area (TPSA) is 82.8 Å². The number of likely N-dealkylation sites (N-methyl/N-ethyl adjacent to an activating group) is 1. The molecule has 1 aliphatic rings. The lowest BCUT2D eigenvalue weighted by Crippen LogP contribution is -2.28. The van der Waals surface area contributed by atoms with Crippen molar-refractivity contribution >= 4 is 5.97 Å². The molecule has 2 N–H and O–H groups in total. The van der Waals surface area contributed by atoms with E-state index in [1.807, 2.05) is 4.57 Å². The Balaban J connectivity index is 2.28. The number of aliphatic carboxylic acids is 1. The van der Waals surface area contributed by atoms with Crippen LogP contribution in [0.4, 0.5) is 0 Å². The molecule has 1 heterocycles. The van der Waals surface area contributed by atoms with E-state index < -0.39 is 11.4 Å². The van der Waals surface area contributed by atoms with Gasteiger partial charge in [-0.1, -0.05) is 25.7 Å². The van der Waals surface area contributed by atoms with Gasteiger partial charge >= 0.3 is 5.97 Å². The predicted molar refractivity (Wildman–Crippen MR) is 83.1 cm³/mol. The smallest absolute Gasteiger partial charge is 0.317 e. The van der Waals surface area contributed by atoms with Gasteiger partial charge in [-0.15, -0.1) is 0 Å². The summed E-state index contributed by atoms with van der Waals surface area (Å²) in [4.78, 5) is 24.2. The molecule has 1 aromatic heterocycles. The van der Waals surface area contributed by atoms with Crippen LogP contribution in [0.2, 0.25) is 0 Å². The third-order valence-corrected chi connectivity index (χ3v) is 4.20. The summed E-state index contributed by atoms with van der Waals surface area (Å²) in [7, 11) is 1.71. The van der Waals surface area contributed by atoms with Crippen molar-refractivity contribution in [3.8, 4) is 5.75 Å². The zero-order chi connectivity index (χ0) is 16.1. The van der Waals surface area contributed by atoms with Gasteiger partial charge in [0.2, 0.25) is 5.43 Å². The lowest BCUT2D eigenvalue weighted by atomic mass is 10.1. The number of carbonyl (C=O) groups is 1. The van der Waals surface area contributed by atoms with Crippen molar-refractivity contribution in [3.05, 3.63) is 28.2 Å². The van der Waals surface area contributed by atoms with Gasteiger partial charge in [0, 0.05) is 24.3 Å². The molecule has 6 heteroatoms. The van der Waals surface area contributed by atoms with Crippen molar-refractivity contribution in [2.75, 3.05) is 13.6 Å². The van der Waals surface area contributed by atoms with E-state index in [4.69, 9.17) is 5.11 Å². The summed E-state index contributed by atoms with van der Waals surface area (Å²) >= 11 is 0. The average Bonchev–Trinajstić information content (AvgIpc) is 2.70. The molecule has 0 aromatic carbocycles. The van der Waals surface area contributed by atoms with Crippen LogP contribution in [0.5, 0.6) is 5.75 Å². The minimum Gasteiger partial charge on any atom is -0.503 e. The Bertz CT molecular complexity index is 574. The molecule has 0 bridgehead atoms. The van der Waals surface area contributed by atoms with Gasteiger partial charge in [-0.25, -0.2) is 0 Å². The maximum Gasteiger partial charge on any atom is 0.317 e. The molecule has 6 nitrogen and oxygen atoms in total. The second-order valence-corrected chi connectivity index (χ2v) is 6.13. The predicted octanol–water partition coefficient (Wildman–Crippen LogP) is 1.97. The van der Waals surface area contributed by atoms with Gasteiger partial charge in [0.05, 0.1) is 12.7 Å². The Kier molecular flexibility index (Phi) is 5.60. The van der Waals surface area contributed by atoms with Crippen molar-refractivity contribution in [1.29, 1.82) is 0 Å². The van der Waals surface area contributed by atoms with E-state index in [1.165, 1.54) is 25.1 Å². The van der Waals surface area contributed by atoms with Crippen LogP contribution >= 0.6 is 0 Å². The van der Waals surface area contributed by atoms with E-state index in [0.29, 0.717) is 6.54 Å². The molecule has 0 radical (unpaired) electrons. The summed E-state index contributed by atoms with van der Waals surface area (Å²) in [5.74, 6) is -1.14. The van der Waals surface area contributed by atoms with Crippen LogP contribution in [-0.2, 0) is 11.3 Å². The number of hydrogen-bond donors (Lipinski definition) is 2. The monoisotopic (exact) mass is 308 g/mol. The standard InChI is InChI=1S/C16H24N2O4/c1-17(11-16(21)22)9-13-8-14(19)15(20)10-18(13)12-6-4-2-3-5-7-12/h8,10,12,20H,2-7,9,11H2,1H3,(H,21,22). The number of nitrogens with zero attached hydrogens (tertiary/aromatic N) is 2. The Morgan fingerprint density at radius 1 is 1.32 bits per heavy atom. The lowest BCUT2D eigenvalue weighted by molar-refractivity contribution is -0.138. The average molecular weight is 308 g/mol. The third kappa shape index (κ3) is 4.34. The van der Waals surface area contributed by atoms with E-state index in [9.17, 15) is 14.7 Å². The van der Waals surface area contributed by atoms with Crippen LogP contribution in [0.1, 0.15) is 50.3 Å². The highest BCUT2D eigenvalue weighted by Gasteiger charge is 2.18. The molecule has 0 spiro atoms. The van der Waals surface area contributed by atoms with E-state index in [0.717, 1.165) is 31.4 Å². The Hall–Kier alpha value is -1.82. The molecular formula is C16H24N2O4. The van der Waals surface area contributed by atoms with Gasteiger partial charge in [-0.05, 0) is 19.9 Å². The Morgan fingerprint density at radius 3 is 2.55 bits per heavy atom. The van der Waals surface area contributed by atoms with Gasteiger partial charge in [0.15, 0.2) is 5.75 Å². The molecule has 1 aromatic rings. The van der Waals surface area contributed by atoms with E-state index >= 15 is 0 Å². The first-order valence-corrected chi connectivity index (χ1v) is 7.81. The lowest BCUT2D eigenvalue weighted by Gasteiger charge is -2.25. The highest BCUT2D eigenvalue weighted by Crippen LogP contribution is 2.29. The number of rotatable bonds is 5. The first-order chi connectivity index (χ1) is 10.5. The Labute approximate surface area is 130 Å². The fraction of sp³-hybridized carbons (Fsp3) is 0.625. The fourth-order valence-electron chi connectivity index (χ4n) is 3.14. The summed E-state index contributed by atoms with van der Waals surface area (Å²) in [6.45, 7) is 0.290. The maximum atomic E-state index is 11.7. The van der Waals surface area contributed by atoms with Crippen LogP contribution in [0.15, 0.2) is 17.1 Å². The van der Waals surface area contributed by atoms with Gasteiger partial charge in [0.1, 0.15) is 0 Å². The molecule has 0 amide bonds. The number of hydrogen-bond acceptors (Lipinski definition) is 4. The molecule has 0 atom stereocenters. The highest BCUT2D eigenvalue weighted by atomic mass is 16.4. The molecule has 122 valence electrons. The highest BCUT2D eigenvalue weighted by molar-refractivity contribution is 5.69. The molecule has 2 rings (SSSR count). The van der Waals surface area contributed by atoms with Gasteiger partial charge in [-0.3, -0.25) is 14.5 Å². The summed E-state index contributed by atoms with van der Waals surface area (Å²) in [5, 5.41) is 18.6. The van der Waals surface area contributed by atoms with Crippen molar-refractivity contribution in [2.45, 2.75) is 51.1 Å². The van der Waals surface area contributed by atoms with Crippen molar-refractivity contribution in [2.24, 2.45) is 0 Å². The van der Waals surface area contributed by atoms with E-state index in [2.05, 4.69) is 0 Å². The van der Waals surface area contributed by atoms with Crippen LogP contribution in [0, 0.1) is 0 Å². The zero-order valence-corrected chi connectivity index (χ0v) is 13.0. The van der Waals surface area contributed by atoms with Gasteiger partial charge in [-0.2, -0.15) is 0 Å². The van der Waals surface area contributed by atoms with Gasteiger partial charge < -0.3 is 14.8 Å². The maximum absolute atomic E-state index is 11.7. The largest absolute Gasteiger partial charge is 0.503 e. The summed E-state index contributed by atoms with van der Waals surface area (Å²) in [5.41, 5.74) is 0.349. The SMILES string of the molecule is CN(CC(=O)O)Cc1cc(=O)c(O)cn1C1CCCCCC1.